The molecule has 96 valence electrons. The molecule has 1 aromatic rings. The summed E-state index contributed by atoms with van der Waals surface area (Å²) in [6.07, 6.45) is 0. The first kappa shape index (κ1) is 14.0. The predicted octanol–water partition coefficient (Wildman–Crippen LogP) is 1.62. The summed E-state index contributed by atoms with van der Waals surface area (Å²) in [7, 11) is 0. The lowest BCUT2D eigenvalue weighted by molar-refractivity contribution is 0.0928. The summed E-state index contributed by atoms with van der Waals surface area (Å²) in [5, 5.41) is 11.6. The van der Waals surface area contributed by atoms with Crippen LogP contribution in [0.4, 0.5) is 8.78 Å². The minimum absolute atomic E-state index is 0.00926. The summed E-state index contributed by atoms with van der Waals surface area (Å²) < 4.78 is 31.0. The van der Waals surface area contributed by atoms with Crippen LogP contribution in [0.25, 0.3) is 0 Å². The van der Waals surface area contributed by atoms with Gasteiger partial charge in [-0.25, -0.2) is 8.78 Å². The molecule has 1 unspecified atom stereocenters. The van der Waals surface area contributed by atoms with Crippen molar-refractivity contribution in [2.24, 2.45) is 0 Å². The fourth-order valence-corrected chi connectivity index (χ4v) is 1.46. The van der Waals surface area contributed by atoms with E-state index in [-0.39, 0.29) is 12.6 Å². The highest BCUT2D eigenvalue weighted by atomic mass is 19.1. The molecular formula is C12H17F2NO2. The average molecular weight is 245 g/mol. The van der Waals surface area contributed by atoms with Crippen LogP contribution in [0.2, 0.25) is 0 Å². The number of hydrogen-bond donors (Lipinski definition) is 2. The Balaban J connectivity index is 2.38. The zero-order chi connectivity index (χ0) is 12.7. The predicted molar refractivity (Wildman–Crippen MR) is 60.7 cm³/mol. The van der Waals surface area contributed by atoms with Crippen LogP contribution in [-0.4, -0.2) is 31.5 Å². The standard InChI is InChI=1S/C12H17F2NO2/c1-9(15-2-4-17-5-3-16)10-6-11(13)8-12(14)7-10/h6-9,15-16H,2-5H2,1H3. The van der Waals surface area contributed by atoms with Gasteiger partial charge in [-0.1, -0.05) is 0 Å². The van der Waals surface area contributed by atoms with E-state index >= 15 is 0 Å². The van der Waals surface area contributed by atoms with Gasteiger partial charge in [0.2, 0.25) is 0 Å². The molecule has 0 amide bonds. The second kappa shape index (κ2) is 7.32. The van der Waals surface area contributed by atoms with Crippen molar-refractivity contribution in [3.8, 4) is 0 Å². The van der Waals surface area contributed by atoms with Crippen LogP contribution in [-0.2, 0) is 4.74 Å². The van der Waals surface area contributed by atoms with E-state index in [1.165, 1.54) is 12.1 Å². The second-order valence-corrected chi connectivity index (χ2v) is 3.71. The summed E-state index contributed by atoms with van der Waals surface area (Å²) in [4.78, 5) is 0. The van der Waals surface area contributed by atoms with Crippen molar-refractivity contribution in [2.45, 2.75) is 13.0 Å². The first-order valence-electron chi connectivity index (χ1n) is 5.51. The van der Waals surface area contributed by atoms with Gasteiger partial charge in [0.05, 0.1) is 19.8 Å². The fourth-order valence-electron chi connectivity index (χ4n) is 1.46. The highest BCUT2D eigenvalue weighted by molar-refractivity contribution is 5.20. The van der Waals surface area contributed by atoms with Crippen LogP contribution in [0.5, 0.6) is 0 Å². The summed E-state index contributed by atoms with van der Waals surface area (Å²) in [6, 6.07) is 3.29. The largest absolute Gasteiger partial charge is 0.394 e. The number of hydrogen-bond acceptors (Lipinski definition) is 3. The van der Waals surface area contributed by atoms with E-state index in [0.717, 1.165) is 6.07 Å². The first-order valence-corrected chi connectivity index (χ1v) is 5.51. The number of rotatable bonds is 7. The highest BCUT2D eigenvalue weighted by Crippen LogP contribution is 2.15. The minimum atomic E-state index is -0.579. The normalized spacial score (nSPS) is 12.7. The maximum Gasteiger partial charge on any atom is 0.126 e. The van der Waals surface area contributed by atoms with Crippen LogP contribution < -0.4 is 5.32 Å². The Morgan fingerprint density at radius 2 is 1.88 bits per heavy atom. The number of ether oxygens (including phenoxy) is 1. The topological polar surface area (TPSA) is 41.5 Å². The molecule has 0 spiro atoms. The van der Waals surface area contributed by atoms with Gasteiger partial charge in [-0.3, -0.25) is 0 Å². The molecule has 0 heterocycles. The van der Waals surface area contributed by atoms with Gasteiger partial charge in [0.1, 0.15) is 11.6 Å². The van der Waals surface area contributed by atoms with E-state index in [9.17, 15) is 8.78 Å². The lowest BCUT2D eigenvalue weighted by Crippen LogP contribution is -2.24. The van der Waals surface area contributed by atoms with Crippen molar-refractivity contribution in [2.75, 3.05) is 26.4 Å². The summed E-state index contributed by atoms with van der Waals surface area (Å²) in [6.45, 7) is 3.11. The van der Waals surface area contributed by atoms with Crippen LogP contribution in [0.15, 0.2) is 18.2 Å². The SMILES string of the molecule is CC(NCCOCCO)c1cc(F)cc(F)c1. The molecule has 1 aromatic carbocycles. The molecule has 0 saturated heterocycles. The Hall–Kier alpha value is -1.04. The number of halogens is 2. The Morgan fingerprint density at radius 1 is 1.24 bits per heavy atom. The zero-order valence-electron chi connectivity index (χ0n) is 9.75. The Bertz CT molecular complexity index is 327. The Morgan fingerprint density at radius 3 is 2.47 bits per heavy atom. The molecular weight excluding hydrogens is 228 g/mol. The zero-order valence-corrected chi connectivity index (χ0v) is 9.75. The van der Waals surface area contributed by atoms with Gasteiger partial charge < -0.3 is 15.2 Å². The van der Waals surface area contributed by atoms with Crippen molar-refractivity contribution in [3.05, 3.63) is 35.4 Å². The van der Waals surface area contributed by atoms with Crippen molar-refractivity contribution >= 4 is 0 Å². The molecule has 2 N–H and O–H groups in total. The average Bonchev–Trinajstić information content (AvgIpc) is 2.27. The molecule has 0 bridgehead atoms. The van der Waals surface area contributed by atoms with Gasteiger partial charge in [-0.05, 0) is 24.6 Å². The molecule has 0 aliphatic rings. The molecule has 5 heteroatoms. The number of nitrogens with one attached hydrogen (secondary N) is 1. The van der Waals surface area contributed by atoms with E-state index in [1.54, 1.807) is 0 Å². The summed E-state index contributed by atoms with van der Waals surface area (Å²) >= 11 is 0. The lowest BCUT2D eigenvalue weighted by Gasteiger charge is -2.14. The van der Waals surface area contributed by atoms with E-state index in [1.807, 2.05) is 6.92 Å². The molecule has 0 radical (unpaired) electrons. The van der Waals surface area contributed by atoms with Gasteiger partial charge >= 0.3 is 0 Å². The molecule has 17 heavy (non-hydrogen) atoms. The molecule has 1 atom stereocenters. The Labute approximate surface area is 99.4 Å². The van der Waals surface area contributed by atoms with Crippen LogP contribution in [0, 0.1) is 11.6 Å². The minimum Gasteiger partial charge on any atom is -0.394 e. The van der Waals surface area contributed by atoms with E-state index in [2.05, 4.69) is 5.32 Å². The van der Waals surface area contributed by atoms with Gasteiger partial charge in [0.25, 0.3) is 0 Å². The molecule has 0 fully saturated rings. The lowest BCUT2D eigenvalue weighted by atomic mass is 10.1. The van der Waals surface area contributed by atoms with Crippen molar-refractivity contribution in [1.82, 2.24) is 5.32 Å². The fraction of sp³-hybridized carbons (Fsp3) is 0.500. The number of aliphatic hydroxyl groups is 1. The van der Waals surface area contributed by atoms with Crippen LogP contribution in [0.3, 0.4) is 0 Å². The third kappa shape index (κ3) is 5.21. The molecule has 0 aliphatic heterocycles. The molecule has 1 rings (SSSR count). The maximum absolute atomic E-state index is 13.0. The molecule has 0 saturated carbocycles. The quantitative estimate of drug-likeness (QED) is 0.717. The summed E-state index contributed by atoms with van der Waals surface area (Å²) in [5.41, 5.74) is 0.560. The van der Waals surface area contributed by atoms with Gasteiger partial charge in [0, 0.05) is 18.7 Å². The van der Waals surface area contributed by atoms with E-state index < -0.39 is 11.6 Å². The molecule has 0 aliphatic carbocycles. The Kier molecular flexibility index (Phi) is 6.04. The maximum atomic E-state index is 13.0. The van der Waals surface area contributed by atoms with E-state index in [0.29, 0.717) is 25.3 Å². The second-order valence-electron chi connectivity index (χ2n) is 3.71. The highest BCUT2D eigenvalue weighted by Gasteiger charge is 2.07. The van der Waals surface area contributed by atoms with Gasteiger partial charge in [0.15, 0.2) is 0 Å². The smallest absolute Gasteiger partial charge is 0.126 e. The third-order valence-electron chi connectivity index (χ3n) is 2.32. The monoisotopic (exact) mass is 245 g/mol. The summed E-state index contributed by atoms with van der Waals surface area (Å²) in [5.74, 6) is -1.16. The molecule has 3 nitrogen and oxygen atoms in total. The third-order valence-corrected chi connectivity index (χ3v) is 2.32. The number of aliphatic hydroxyl groups excluding tert-OH is 1. The first-order chi connectivity index (χ1) is 8.13. The van der Waals surface area contributed by atoms with Gasteiger partial charge in [-0.15, -0.1) is 0 Å². The van der Waals surface area contributed by atoms with Gasteiger partial charge in [-0.2, -0.15) is 0 Å². The van der Waals surface area contributed by atoms with Crippen molar-refractivity contribution in [1.29, 1.82) is 0 Å². The number of benzene rings is 1. The van der Waals surface area contributed by atoms with E-state index in [4.69, 9.17) is 9.84 Å². The van der Waals surface area contributed by atoms with Crippen molar-refractivity contribution in [3.63, 3.8) is 0 Å². The molecule has 0 aromatic heterocycles. The van der Waals surface area contributed by atoms with Crippen LogP contribution in [0.1, 0.15) is 18.5 Å². The van der Waals surface area contributed by atoms with Crippen LogP contribution >= 0.6 is 0 Å². The van der Waals surface area contributed by atoms with Crippen molar-refractivity contribution < 1.29 is 18.6 Å².